The normalized spacial score (nSPS) is 9.60. The predicted octanol–water partition coefficient (Wildman–Crippen LogP) is 1.65. The van der Waals surface area contributed by atoms with E-state index in [0.717, 1.165) is 10.5 Å². The van der Waals surface area contributed by atoms with Crippen LogP contribution in [0.25, 0.3) is 0 Å². The lowest BCUT2D eigenvalue weighted by molar-refractivity contribution is -0.137. The van der Waals surface area contributed by atoms with Gasteiger partial charge in [-0.15, -0.1) is 6.42 Å². The van der Waals surface area contributed by atoms with Gasteiger partial charge in [-0.2, -0.15) is 0 Å². The van der Waals surface area contributed by atoms with Crippen molar-refractivity contribution >= 4 is 12.0 Å². The lowest BCUT2D eigenvalue weighted by atomic mass is 10.2. The van der Waals surface area contributed by atoms with Crippen LogP contribution in [0.15, 0.2) is 30.3 Å². The molecule has 5 heteroatoms. The Labute approximate surface area is 118 Å². The lowest BCUT2D eigenvalue weighted by Crippen LogP contribution is -2.45. The number of carbonyl (C=O) groups excluding carboxylic acids is 1. The van der Waals surface area contributed by atoms with E-state index >= 15 is 0 Å². The molecule has 0 saturated heterocycles. The lowest BCUT2D eigenvalue weighted by Gasteiger charge is -2.27. The van der Waals surface area contributed by atoms with E-state index < -0.39 is 12.5 Å². The number of hydrogen-bond acceptors (Lipinski definition) is 2. The van der Waals surface area contributed by atoms with Gasteiger partial charge in [-0.05, 0) is 12.5 Å². The van der Waals surface area contributed by atoms with Crippen molar-refractivity contribution < 1.29 is 14.7 Å². The predicted molar refractivity (Wildman–Crippen MR) is 76.0 cm³/mol. The number of rotatable bonds is 6. The minimum Gasteiger partial charge on any atom is -0.480 e. The van der Waals surface area contributed by atoms with Gasteiger partial charge >= 0.3 is 12.0 Å². The Hall–Kier alpha value is -2.48. The van der Waals surface area contributed by atoms with E-state index in [2.05, 4.69) is 5.92 Å². The molecule has 0 spiro atoms. The highest BCUT2D eigenvalue weighted by Crippen LogP contribution is 2.07. The van der Waals surface area contributed by atoms with E-state index in [0.29, 0.717) is 13.1 Å². The van der Waals surface area contributed by atoms with Crippen LogP contribution in [-0.4, -0.2) is 46.5 Å². The standard InChI is InChI=1S/C15H18N2O3/c1-3-10-17(12-14(18)19)15(20)16(4-2)11-13-8-6-5-7-9-13/h1,5-9H,4,10-12H2,2H3,(H,18,19). The SMILES string of the molecule is C#CCN(CC(=O)O)C(=O)N(CC)Cc1ccccc1. The number of amides is 2. The second kappa shape index (κ2) is 7.85. The molecule has 0 radical (unpaired) electrons. The largest absolute Gasteiger partial charge is 0.480 e. The molecule has 0 bridgehead atoms. The first kappa shape index (κ1) is 15.6. The molecule has 5 nitrogen and oxygen atoms in total. The summed E-state index contributed by atoms with van der Waals surface area (Å²) < 4.78 is 0. The third kappa shape index (κ3) is 4.65. The molecule has 1 N–H and O–H groups in total. The molecular weight excluding hydrogens is 256 g/mol. The molecule has 0 aromatic heterocycles. The van der Waals surface area contributed by atoms with Gasteiger partial charge in [-0.3, -0.25) is 4.79 Å². The first-order valence-electron chi connectivity index (χ1n) is 6.31. The minimum absolute atomic E-state index is 0.0174. The molecule has 0 fully saturated rings. The van der Waals surface area contributed by atoms with Gasteiger partial charge in [0.1, 0.15) is 6.54 Å². The first-order chi connectivity index (χ1) is 9.58. The summed E-state index contributed by atoms with van der Waals surface area (Å²) in [5, 5.41) is 8.82. The number of aliphatic carboxylic acids is 1. The van der Waals surface area contributed by atoms with Gasteiger partial charge in [0.05, 0.1) is 6.54 Å². The van der Waals surface area contributed by atoms with Crippen LogP contribution in [0.1, 0.15) is 12.5 Å². The Kier molecular flexibility index (Phi) is 6.11. The van der Waals surface area contributed by atoms with Crippen molar-refractivity contribution in [1.82, 2.24) is 9.80 Å². The zero-order valence-electron chi connectivity index (χ0n) is 11.5. The van der Waals surface area contributed by atoms with Crippen LogP contribution in [-0.2, 0) is 11.3 Å². The molecule has 1 aromatic rings. The average molecular weight is 274 g/mol. The van der Waals surface area contributed by atoms with Gasteiger partial charge in [0.25, 0.3) is 0 Å². The maximum atomic E-state index is 12.3. The molecule has 106 valence electrons. The quantitative estimate of drug-likeness (QED) is 0.802. The Balaban J connectivity index is 2.78. The molecule has 0 aliphatic rings. The highest BCUT2D eigenvalue weighted by atomic mass is 16.4. The molecule has 2 amide bonds. The summed E-state index contributed by atoms with van der Waals surface area (Å²) in [6.07, 6.45) is 5.18. The van der Waals surface area contributed by atoms with Crippen LogP contribution in [0.4, 0.5) is 4.79 Å². The fraction of sp³-hybridized carbons (Fsp3) is 0.333. The van der Waals surface area contributed by atoms with Gasteiger partial charge in [-0.25, -0.2) is 4.79 Å². The van der Waals surface area contributed by atoms with E-state index in [9.17, 15) is 9.59 Å². The average Bonchev–Trinajstić information content (AvgIpc) is 2.44. The van der Waals surface area contributed by atoms with E-state index in [1.807, 2.05) is 37.3 Å². The molecule has 0 saturated carbocycles. The smallest absolute Gasteiger partial charge is 0.323 e. The molecule has 0 unspecified atom stereocenters. The number of carboxylic acid groups (broad SMARTS) is 1. The van der Waals surface area contributed by atoms with E-state index in [4.69, 9.17) is 11.5 Å². The Morgan fingerprint density at radius 3 is 2.40 bits per heavy atom. The second-order valence-electron chi connectivity index (χ2n) is 4.24. The first-order valence-corrected chi connectivity index (χ1v) is 6.31. The number of nitrogens with zero attached hydrogens (tertiary/aromatic N) is 2. The fourth-order valence-electron chi connectivity index (χ4n) is 1.78. The number of urea groups is 1. The number of terminal acetylenes is 1. The van der Waals surface area contributed by atoms with Crippen molar-refractivity contribution in [3.63, 3.8) is 0 Å². The second-order valence-corrected chi connectivity index (χ2v) is 4.24. The third-order valence-corrected chi connectivity index (χ3v) is 2.75. The third-order valence-electron chi connectivity index (χ3n) is 2.75. The van der Waals surface area contributed by atoms with E-state index in [-0.39, 0.29) is 12.6 Å². The van der Waals surface area contributed by atoms with Crippen LogP contribution >= 0.6 is 0 Å². The number of carboxylic acids is 1. The van der Waals surface area contributed by atoms with Crippen molar-refractivity contribution in [3.05, 3.63) is 35.9 Å². The topological polar surface area (TPSA) is 60.9 Å². The maximum Gasteiger partial charge on any atom is 0.323 e. The summed E-state index contributed by atoms with van der Waals surface area (Å²) in [6, 6.07) is 9.15. The zero-order valence-corrected chi connectivity index (χ0v) is 11.5. The number of carbonyl (C=O) groups is 2. The van der Waals surface area contributed by atoms with Crippen molar-refractivity contribution in [1.29, 1.82) is 0 Å². The van der Waals surface area contributed by atoms with Crippen LogP contribution < -0.4 is 0 Å². The summed E-state index contributed by atoms with van der Waals surface area (Å²) in [5.41, 5.74) is 0.985. The highest BCUT2D eigenvalue weighted by Gasteiger charge is 2.21. The molecule has 0 aliphatic carbocycles. The highest BCUT2D eigenvalue weighted by molar-refractivity contribution is 5.80. The molecule has 0 heterocycles. The molecule has 0 aliphatic heterocycles. The van der Waals surface area contributed by atoms with Crippen molar-refractivity contribution in [2.75, 3.05) is 19.6 Å². The van der Waals surface area contributed by atoms with Gasteiger partial charge < -0.3 is 14.9 Å². The van der Waals surface area contributed by atoms with Crippen molar-refractivity contribution in [2.24, 2.45) is 0 Å². The summed E-state index contributed by atoms with van der Waals surface area (Å²) in [5.74, 6) is 1.23. The number of hydrogen-bond donors (Lipinski definition) is 1. The Morgan fingerprint density at radius 1 is 1.25 bits per heavy atom. The van der Waals surface area contributed by atoms with Crippen LogP contribution in [0.2, 0.25) is 0 Å². The van der Waals surface area contributed by atoms with Gasteiger partial charge in [0.15, 0.2) is 0 Å². The monoisotopic (exact) mass is 274 g/mol. The Morgan fingerprint density at radius 2 is 1.90 bits per heavy atom. The van der Waals surface area contributed by atoms with Crippen LogP contribution in [0.5, 0.6) is 0 Å². The van der Waals surface area contributed by atoms with E-state index in [1.54, 1.807) is 4.90 Å². The summed E-state index contributed by atoms with van der Waals surface area (Å²) in [7, 11) is 0. The summed E-state index contributed by atoms with van der Waals surface area (Å²) in [4.78, 5) is 25.8. The van der Waals surface area contributed by atoms with Gasteiger partial charge in [0.2, 0.25) is 0 Å². The minimum atomic E-state index is -1.08. The van der Waals surface area contributed by atoms with Crippen LogP contribution in [0, 0.1) is 12.3 Å². The zero-order chi connectivity index (χ0) is 15.0. The molecule has 1 aromatic carbocycles. The Bertz CT molecular complexity index is 494. The van der Waals surface area contributed by atoms with E-state index in [1.165, 1.54) is 0 Å². The van der Waals surface area contributed by atoms with Crippen molar-refractivity contribution in [2.45, 2.75) is 13.5 Å². The van der Waals surface area contributed by atoms with Gasteiger partial charge in [0, 0.05) is 13.1 Å². The fourth-order valence-corrected chi connectivity index (χ4v) is 1.78. The summed E-state index contributed by atoms with van der Waals surface area (Å²) >= 11 is 0. The van der Waals surface area contributed by atoms with Crippen LogP contribution in [0.3, 0.4) is 0 Å². The van der Waals surface area contributed by atoms with Gasteiger partial charge in [-0.1, -0.05) is 36.3 Å². The molecule has 1 rings (SSSR count). The summed E-state index contributed by atoms with van der Waals surface area (Å²) in [6.45, 7) is 2.34. The molecule has 20 heavy (non-hydrogen) atoms. The molecule has 0 atom stereocenters. The molecular formula is C15H18N2O3. The number of benzene rings is 1. The van der Waals surface area contributed by atoms with Crippen molar-refractivity contribution in [3.8, 4) is 12.3 Å². The maximum absolute atomic E-state index is 12.3.